The highest BCUT2D eigenvalue weighted by molar-refractivity contribution is 5.88. The smallest absolute Gasteiger partial charge is 0.325 e. The molecule has 2 saturated heterocycles. The number of aromatic nitrogens is 3. The molecule has 3 aromatic rings. The van der Waals surface area contributed by atoms with Crippen molar-refractivity contribution in [1.29, 1.82) is 0 Å². The molecule has 5 heterocycles. The van der Waals surface area contributed by atoms with Crippen molar-refractivity contribution in [3.63, 3.8) is 0 Å². The molecule has 2 aromatic heterocycles. The Kier molecular flexibility index (Phi) is 7.58. The van der Waals surface area contributed by atoms with Gasteiger partial charge in [0.25, 0.3) is 0 Å². The molecular formula is C29H37N5O4. The molecule has 3 aliphatic heterocycles. The Bertz CT molecular complexity index is 1260. The predicted octanol–water partition coefficient (Wildman–Crippen LogP) is 4.21. The van der Waals surface area contributed by atoms with Crippen molar-refractivity contribution in [3.8, 4) is 0 Å². The van der Waals surface area contributed by atoms with Gasteiger partial charge in [-0.05, 0) is 56.6 Å². The zero-order valence-electron chi connectivity index (χ0n) is 21.8. The molecule has 2 fully saturated rings. The zero-order chi connectivity index (χ0) is 25.9. The molecule has 6 rings (SSSR count). The number of rotatable bonds is 10. The van der Waals surface area contributed by atoms with Gasteiger partial charge in [0.15, 0.2) is 0 Å². The lowest BCUT2D eigenvalue weighted by molar-refractivity contribution is -0.143. The summed E-state index contributed by atoms with van der Waals surface area (Å²) in [6.07, 6.45) is 10.9. The number of nitrogens with one attached hydrogen (secondary N) is 1. The number of carboxylic acid groups (broad SMARTS) is 1. The first-order valence-corrected chi connectivity index (χ1v) is 14.0. The van der Waals surface area contributed by atoms with Crippen LogP contribution >= 0.6 is 0 Å². The zero-order valence-corrected chi connectivity index (χ0v) is 21.8. The van der Waals surface area contributed by atoms with Gasteiger partial charge >= 0.3 is 5.97 Å². The van der Waals surface area contributed by atoms with E-state index in [9.17, 15) is 9.90 Å². The number of pyridine rings is 1. The average molecular weight is 520 g/mol. The summed E-state index contributed by atoms with van der Waals surface area (Å²) < 4.78 is 13.8. The number of anilines is 1. The molecule has 0 aliphatic carbocycles. The van der Waals surface area contributed by atoms with Crippen molar-refractivity contribution in [2.45, 2.75) is 69.2 Å². The van der Waals surface area contributed by atoms with Gasteiger partial charge in [0.2, 0.25) is 0 Å². The third-order valence-electron chi connectivity index (χ3n) is 8.27. The molecule has 0 bridgehead atoms. The minimum atomic E-state index is -0.829. The molecule has 2 unspecified atom stereocenters. The Balaban J connectivity index is 1.03. The number of hydrogen-bond donors (Lipinski definition) is 2. The van der Waals surface area contributed by atoms with Crippen molar-refractivity contribution in [2.75, 3.05) is 38.2 Å². The van der Waals surface area contributed by atoms with E-state index in [1.807, 2.05) is 41.3 Å². The van der Waals surface area contributed by atoms with Crippen LogP contribution in [0.5, 0.6) is 0 Å². The van der Waals surface area contributed by atoms with E-state index in [1.54, 1.807) is 0 Å². The number of ether oxygens (including phenoxy) is 2. The summed E-state index contributed by atoms with van der Waals surface area (Å²) >= 11 is 0. The lowest BCUT2D eigenvalue weighted by Crippen LogP contribution is -2.34. The van der Waals surface area contributed by atoms with E-state index in [0.29, 0.717) is 39.0 Å². The van der Waals surface area contributed by atoms with E-state index < -0.39 is 12.0 Å². The standard InChI is InChI=1S/C29H37N5O4/c35-29(36)27(25-8-3-5-21-17-31-34(26(21)25)23-12-16-37-19-23)33-14-11-24(18-33)38-15-2-1-7-22-10-9-20-6-4-13-30-28(20)32-22/h3-6,8,13,17,22-24,27H,1-2,7,9-12,14-16,18-19H2,(H,30,32)(H,35,36)/t22?,23-,24+,27?/m0/s1. The largest absolute Gasteiger partial charge is 0.480 e. The summed E-state index contributed by atoms with van der Waals surface area (Å²) in [5.41, 5.74) is 3.02. The highest BCUT2D eigenvalue weighted by Crippen LogP contribution is 2.34. The number of carboxylic acids is 1. The average Bonchev–Trinajstić information content (AvgIpc) is 3.70. The number of likely N-dealkylation sites (tertiary alicyclic amines) is 1. The molecule has 0 spiro atoms. The number of unbranched alkanes of at least 4 members (excludes halogenated alkanes) is 1. The number of benzene rings is 1. The van der Waals surface area contributed by atoms with Crippen LogP contribution in [0.15, 0.2) is 42.7 Å². The van der Waals surface area contributed by atoms with Gasteiger partial charge in [-0.15, -0.1) is 0 Å². The molecule has 1 aromatic carbocycles. The van der Waals surface area contributed by atoms with Crippen molar-refractivity contribution in [3.05, 3.63) is 53.9 Å². The van der Waals surface area contributed by atoms with E-state index in [2.05, 4.69) is 26.4 Å². The summed E-state index contributed by atoms with van der Waals surface area (Å²) in [5.74, 6) is 0.207. The molecule has 0 saturated carbocycles. The monoisotopic (exact) mass is 519 g/mol. The predicted molar refractivity (Wildman–Crippen MR) is 144 cm³/mol. The van der Waals surface area contributed by atoms with Crippen molar-refractivity contribution < 1.29 is 19.4 Å². The minimum absolute atomic E-state index is 0.0630. The Morgan fingerprint density at radius 2 is 2.16 bits per heavy atom. The van der Waals surface area contributed by atoms with Crippen LogP contribution < -0.4 is 5.32 Å². The summed E-state index contributed by atoms with van der Waals surface area (Å²) in [4.78, 5) is 19.1. The molecule has 202 valence electrons. The first-order valence-electron chi connectivity index (χ1n) is 14.0. The number of fused-ring (bicyclic) bond motifs is 2. The third kappa shape index (κ3) is 5.28. The lowest BCUT2D eigenvalue weighted by Gasteiger charge is -2.26. The van der Waals surface area contributed by atoms with Crippen molar-refractivity contribution >= 4 is 22.7 Å². The Morgan fingerprint density at radius 3 is 3.03 bits per heavy atom. The van der Waals surface area contributed by atoms with Gasteiger partial charge in [-0.1, -0.05) is 24.3 Å². The number of nitrogens with zero attached hydrogens (tertiary/aromatic N) is 4. The van der Waals surface area contributed by atoms with Crippen LogP contribution in [0.25, 0.3) is 10.9 Å². The minimum Gasteiger partial charge on any atom is -0.480 e. The fourth-order valence-electron chi connectivity index (χ4n) is 6.28. The van der Waals surface area contributed by atoms with E-state index in [0.717, 1.165) is 67.2 Å². The SMILES string of the molecule is O=C(O)C(c1cccc2cnn([C@H]3CCOC3)c12)N1CC[C@@H](OCCCCC2CCc3cccnc3N2)C1. The second-order valence-corrected chi connectivity index (χ2v) is 10.8. The van der Waals surface area contributed by atoms with Crippen LogP contribution in [0.1, 0.15) is 61.7 Å². The van der Waals surface area contributed by atoms with E-state index in [-0.39, 0.29) is 12.1 Å². The normalized spacial score (nSPS) is 24.4. The van der Waals surface area contributed by atoms with Crippen molar-refractivity contribution in [1.82, 2.24) is 19.7 Å². The van der Waals surface area contributed by atoms with Crippen molar-refractivity contribution in [2.24, 2.45) is 0 Å². The number of hydrogen-bond acceptors (Lipinski definition) is 7. The summed E-state index contributed by atoms with van der Waals surface area (Å²) in [6.45, 7) is 3.37. The van der Waals surface area contributed by atoms with Gasteiger partial charge in [0.05, 0.1) is 30.5 Å². The highest BCUT2D eigenvalue weighted by Gasteiger charge is 2.36. The van der Waals surface area contributed by atoms with E-state index in [1.165, 1.54) is 5.56 Å². The van der Waals surface area contributed by atoms with Crippen LogP contribution in [0.3, 0.4) is 0 Å². The fraction of sp³-hybridized carbons (Fsp3) is 0.552. The van der Waals surface area contributed by atoms with Crippen LogP contribution in [0, 0.1) is 0 Å². The second kappa shape index (κ2) is 11.4. The molecule has 0 radical (unpaired) electrons. The van der Waals surface area contributed by atoms with E-state index in [4.69, 9.17) is 9.47 Å². The number of aryl methyl sites for hydroxylation is 1. The first-order chi connectivity index (χ1) is 18.7. The van der Waals surface area contributed by atoms with E-state index >= 15 is 0 Å². The second-order valence-electron chi connectivity index (χ2n) is 10.8. The highest BCUT2D eigenvalue weighted by atomic mass is 16.5. The molecule has 2 N–H and O–H groups in total. The molecule has 0 amide bonds. The molecule has 9 nitrogen and oxygen atoms in total. The van der Waals surface area contributed by atoms with Crippen LogP contribution in [-0.2, 0) is 20.7 Å². The third-order valence-corrected chi connectivity index (χ3v) is 8.27. The quantitative estimate of drug-likeness (QED) is 0.384. The molecule has 3 aliphatic rings. The van der Waals surface area contributed by atoms with Gasteiger partial charge in [0, 0.05) is 49.5 Å². The molecule has 4 atom stereocenters. The Labute approximate surface area is 223 Å². The van der Waals surface area contributed by atoms with Gasteiger partial charge < -0.3 is 19.9 Å². The van der Waals surface area contributed by atoms with Gasteiger partial charge in [-0.2, -0.15) is 5.10 Å². The maximum absolute atomic E-state index is 12.6. The molecule has 38 heavy (non-hydrogen) atoms. The van der Waals surface area contributed by atoms with Gasteiger partial charge in [-0.25, -0.2) is 4.98 Å². The maximum atomic E-state index is 12.6. The summed E-state index contributed by atoms with van der Waals surface area (Å²) in [6, 6.07) is 9.93. The maximum Gasteiger partial charge on any atom is 0.325 e. The number of aliphatic carboxylic acids is 1. The first kappa shape index (κ1) is 25.3. The van der Waals surface area contributed by atoms with Crippen LogP contribution in [-0.4, -0.2) is 75.8 Å². The fourth-order valence-corrected chi connectivity index (χ4v) is 6.28. The number of carbonyl (C=O) groups is 1. The Morgan fingerprint density at radius 1 is 1.21 bits per heavy atom. The molecular weight excluding hydrogens is 482 g/mol. The lowest BCUT2D eigenvalue weighted by atomic mass is 9.97. The Hall–Kier alpha value is -3.01. The summed E-state index contributed by atoms with van der Waals surface area (Å²) in [7, 11) is 0. The summed E-state index contributed by atoms with van der Waals surface area (Å²) in [5, 5.41) is 19.5. The molecule has 9 heteroatoms. The van der Waals surface area contributed by atoms with Crippen LogP contribution in [0.2, 0.25) is 0 Å². The topological polar surface area (TPSA) is 102 Å². The van der Waals surface area contributed by atoms with Gasteiger partial charge in [0.1, 0.15) is 11.9 Å². The number of para-hydroxylation sites is 1. The van der Waals surface area contributed by atoms with Crippen LogP contribution in [0.4, 0.5) is 5.82 Å². The van der Waals surface area contributed by atoms with Gasteiger partial charge in [-0.3, -0.25) is 14.4 Å².